The third-order valence-corrected chi connectivity index (χ3v) is 6.29. The largest absolute Gasteiger partial charge is 0.487 e. The predicted octanol–water partition coefficient (Wildman–Crippen LogP) is 5.80. The van der Waals surface area contributed by atoms with Crippen LogP contribution in [0.2, 0.25) is 0 Å². The van der Waals surface area contributed by atoms with E-state index in [1.54, 1.807) is 28.8 Å². The van der Waals surface area contributed by atoms with Crippen molar-refractivity contribution in [3.8, 4) is 11.5 Å². The molecule has 0 saturated carbocycles. The minimum atomic E-state index is -2.95. The standard InChI is InChI=1S/C25H21BrF3N3O3/c26-19-13-32-22(10-16-4-1-2-7-23(16)35-25(28)29)21(30-24(32)12-20(19)27)14-34-18-6-3-5-17(11-18)31-8-9-33-15-31/h1-7,11-13,25H,8-10,14-15H2. The van der Waals surface area contributed by atoms with Crippen LogP contribution in [0, 0.1) is 5.82 Å². The number of nitrogens with zero attached hydrogens (tertiary/aromatic N) is 3. The summed E-state index contributed by atoms with van der Waals surface area (Å²) in [6.07, 6.45) is 1.80. The third-order valence-electron chi connectivity index (χ3n) is 5.70. The zero-order valence-electron chi connectivity index (χ0n) is 18.5. The Kier molecular flexibility index (Phi) is 6.83. The first-order valence-electron chi connectivity index (χ1n) is 10.9. The van der Waals surface area contributed by atoms with E-state index in [1.807, 2.05) is 24.3 Å². The summed E-state index contributed by atoms with van der Waals surface area (Å²) in [6.45, 7) is -0.828. The quantitative estimate of drug-likeness (QED) is 0.279. The average Bonchev–Trinajstić information content (AvgIpc) is 3.48. The topological polar surface area (TPSA) is 48.2 Å². The molecule has 2 aromatic heterocycles. The maximum absolute atomic E-state index is 14.2. The molecule has 0 spiro atoms. The Hall–Kier alpha value is -3.24. The molecule has 5 rings (SSSR count). The number of para-hydroxylation sites is 1. The van der Waals surface area contributed by atoms with Gasteiger partial charge in [0.25, 0.3) is 0 Å². The minimum absolute atomic E-state index is 0.0750. The van der Waals surface area contributed by atoms with Crippen LogP contribution < -0.4 is 14.4 Å². The number of fused-ring (bicyclic) bond motifs is 1. The van der Waals surface area contributed by atoms with Crippen LogP contribution in [-0.2, 0) is 17.8 Å². The molecule has 35 heavy (non-hydrogen) atoms. The van der Waals surface area contributed by atoms with Crippen LogP contribution in [0.3, 0.4) is 0 Å². The van der Waals surface area contributed by atoms with Crippen LogP contribution >= 0.6 is 15.9 Å². The molecule has 0 amide bonds. The van der Waals surface area contributed by atoms with E-state index in [0.717, 1.165) is 12.2 Å². The van der Waals surface area contributed by atoms with Gasteiger partial charge in [-0.15, -0.1) is 0 Å². The summed E-state index contributed by atoms with van der Waals surface area (Å²) in [4.78, 5) is 6.67. The number of imidazole rings is 1. The van der Waals surface area contributed by atoms with Gasteiger partial charge in [0.05, 0.1) is 16.8 Å². The highest BCUT2D eigenvalue weighted by Crippen LogP contribution is 2.29. The van der Waals surface area contributed by atoms with Crippen molar-refractivity contribution in [2.45, 2.75) is 19.6 Å². The maximum atomic E-state index is 14.2. The summed E-state index contributed by atoms with van der Waals surface area (Å²) in [7, 11) is 0. The number of benzene rings is 2. The molecule has 1 aliphatic rings. The summed E-state index contributed by atoms with van der Waals surface area (Å²) < 4.78 is 58.3. The SMILES string of the molecule is Fc1cc2nc(COc3cccc(N4CCOC4)c3)c(Cc3ccccc3OC(F)F)n2cc1Br. The van der Waals surface area contributed by atoms with Crippen molar-refractivity contribution in [3.63, 3.8) is 0 Å². The molecule has 1 aliphatic heterocycles. The molecule has 0 bridgehead atoms. The lowest BCUT2D eigenvalue weighted by atomic mass is 10.1. The number of hydrogen-bond donors (Lipinski definition) is 0. The van der Waals surface area contributed by atoms with E-state index in [-0.39, 0.29) is 23.2 Å². The van der Waals surface area contributed by atoms with E-state index in [4.69, 9.17) is 14.2 Å². The summed E-state index contributed by atoms with van der Waals surface area (Å²) >= 11 is 3.21. The molecule has 0 atom stereocenters. The average molecular weight is 548 g/mol. The molecule has 4 aromatic rings. The lowest BCUT2D eigenvalue weighted by Crippen LogP contribution is -2.18. The molecule has 6 nitrogen and oxygen atoms in total. The highest BCUT2D eigenvalue weighted by atomic mass is 79.9. The monoisotopic (exact) mass is 547 g/mol. The number of rotatable bonds is 8. The molecule has 1 saturated heterocycles. The van der Waals surface area contributed by atoms with Crippen molar-refractivity contribution in [1.29, 1.82) is 0 Å². The Balaban J connectivity index is 1.47. The third kappa shape index (κ3) is 5.23. The zero-order chi connectivity index (χ0) is 24.4. The number of anilines is 1. The molecule has 10 heteroatoms. The molecule has 2 aromatic carbocycles. The molecule has 3 heterocycles. The van der Waals surface area contributed by atoms with Crippen molar-refractivity contribution in [1.82, 2.24) is 9.38 Å². The first-order chi connectivity index (χ1) is 17.0. The molecule has 0 unspecified atom stereocenters. The Bertz CT molecular complexity index is 1340. The van der Waals surface area contributed by atoms with Gasteiger partial charge in [0, 0.05) is 42.5 Å². The number of hydrogen-bond acceptors (Lipinski definition) is 5. The van der Waals surface area contributed by atoms with E-state index < -0.39 is 12.4 Å². The van der Waals surface area contributed by atoms with E-state index in [0.29, 0.717) is 41.7 Å². The first kappa shape index (κ1) is 23.5. The highest BCUT2D eigenvalue weighted by molar-refractivity contribution is 9.10. The molecule has 0 aliphatic carbocycles. The second-order valence-corrected chi connectivity index (χ2v) is 8.81. The van der Waals surface area contributed by atoms with Crippen molar-refractivity contribution in [2.24, 2.45) is 0 Å². The zero-order valence-corrected chi connectivity index (χ0v) is 20.1. The number of ether oxygens (including phenoxy) is 3. The normalized spacial score (nSPS) is 13.7. The van der Waals surface area contributed by atoms with Gasteiger partial charge >= 0.3 is 6.61 Å². The second kappa shape index (κ2) is 10.2. The van der Waals surface area contributed by atoms with Gasteiger partial charge < -0.3 is 23.5 Å². The van der Waals surface area contributed by atoms with Gasteiger partial charge in [-0.05, 0) is 34.1 Å². The van der Waals surface area contributed by atoms with E-state index >= 15 is 0 Å². The number of pyridine rings is 1. The van der Waals surface area contributed by atoms with Gasteiger partial charge in [0.15, 0.2) is 0 Å². The fraction of sp³-hybridized carbons (Fsp3) is 0.240. The summed E-state index contributed by atoms with van der Waals surface area (Å²) in [5.41, 5.74) is 3.15. The molecular formula is C25H21BrF3N3O3. The van der Waals surface area contributed by atoms with E-state index in [1.165, 1.54) is 12.1 Å². The van der Waals surface area contributed by atoms with Crippen LogP contribution in [0.4, 0.5) is 18.9 Å². The fourth-order valence-corrected chi connectivity index (χ4v) is 4.34. The van der Waals surface area contributed by atoms with E-state index in [9.17, 15) is 13.2 Å². The number of alkyl halides is 2. The van der Waals surface area contributed by atoms with Crippen LogP contribution in [-0.4, -0.2) is 35.9 Å². The van der Waals surface area contributed by atoms with Crippen molar-refractivity contribution in [2.75, 3.05) is 24.8 Å². The van der Waals surface area contributed by atoms with Gasteiger partial charge in [-0.3, -0.25) is 0 Å². The molecule has 0 N–H and O–H groups in total. The fourth-order valence-electron chi connectivity index (χ4n) is 4.02. The van der Waals surface area contributed by atoms with Gasteiger partial charge in [0.2, 0.25) is 0 Å². The molecule has 182 valence electrons. The Labute approximate surface area is 208 Å². The predicted molar refractivity (Wildman–Crippen MR) is 128 cm³/mol. The van der Waals surface area contributed by atoms with Gasteiger partial charge in [0.1, 0.15) is 42.0 Å². The summed E-state index contributed by atoms with van der Waals surface area (Å²) in [6, 6.07) is 15.5. The number of halogens is 4. The second-order valence-electron chi connectivity index (χ2n) is 7.95. The lowest BCUT2D eigenvalue weighted by Gasteiger charge is -2.16. The summed E-state index contributed by atoms with van der Waals surface area (Å²) in [5.74, 6) is 0.265. The Morgan fingerprint density at radius 2 is 1.97 bits per heavy atom. The van der Waals surface area contributed by atoms with Gasteiger partial charge in [-0.2, -0.15) is 8.78 Å². The van der Waals surface area contributed by atoms with Crippen LogP contribution in [0.5, 0.6) is 11.5 Å². The molecule has 0 radical (unpaired) electrons. The van der Waals surface area contributed by atoms with Crippen molar-refractivity contribution < 1.29 is 27.4 Å². The van der Waals surface area contributed by atoms with Crippen molar-refractivity contribution in [3.05, 3.63) is 88.0 Å². The Morgan fingerprint density at radius 3 is 2.77 bits per heavy atom. The van der Waals surface area contributed by atoms with Crippen molar-refractivity contribution >= 4 is 27.3 Å². The lowest BCUT2D eigenvalue weighted by molar-refractivity contribution is -0.0504. The van der Waals surface area contributed by atoms with Gasteiger partial charge in [-0.25, -0.2) is 9.37 Å². The smallest absolute Gasteiger partial charge is 0.387 e. The van der Waals surface area contributed by atoms with Crippen LogP contribution in [0.1, 0.15) is 17.0 Å². The number of aromatic nitrogens is 2. The first-order valence-corrected chi connectivity index (χ1v) is 11.7. The maximum Gasteiger partial charge on any atom is 0.387 e. The highest BCUT2D eigenvalue weighted by Gasteiger charge is 2.19. The van der Waals surface area contributed by atoms with Crippen LogP contribution in [0.25, 0.3) is 5.65 Å². The Morgan fingerprint density at radius 1 is 1.11 bits per heavy atom. The molecule has 1 fully saturated rings. The molecular weight excluding hydrogens is 527 g/mol. The van der Waals surface area contributed by atoms with Crippen LogP contribution in [0.15, 0.2) is 65.3 Å². The van der Waals surface area contributed by atoms with Gasteiger partial charge in [-0.1, -0.05) is 24.3 Å². The summed E-state index contributed by atoms with van der Waals surface area (Å²) in [5, 5.41) is 0. The minimum Gasteiger partial charge on any atom is -0.487 e. The van der Waals surface area contributed by atoms with E-state index in [2.05, 4.69) is 25.8 Å².